The Balaban J connectivity index is 1.57. The molecule has 3 rings (SSSR count). The SMILES string of the molecule is CC[C@H](Oc1ccc(F)cc1)C(=O)NCc1nc(-c2ccc(C)cc2)no1. The molecule has 0 aliphatic heterocycles. The van der Waals surface area contributed by atoms with E-state index in [4.69, 9.17) is 9.26 Å². The second-order valence-corrected chi connectivity index (χ2v) is 6.06. The Kier molecular flexibility index (Phi) is 5.80. The molecule has 7 heteroatoms. The summed E-state index contributed by atoms with van der Waals surface area (Å²) in [5, 5.41) is 6.65. The highest BCUT2D eigenvalue weighted by Gasteiger charge is 2.19. The van der Waals surface area contributed by atoms with Gasteiger partial charge in [0.1, 0.15) is 11.6 Å². The fraction of sp³-hybridized carbons (Fsp3) is 0.250. The topological polar surface area (TPSA) is 77.2 Å². The van der Waals surface area contributed by atoms with Crippen LogP contribution in [0.15, 0.2) is 53.1 Å². The van der Waals surface area contributed by atoms with Crippen LogP contribution < -0.4 is 10.1 Å². The second-order valence-electron chi connectivity index (χ2n) is 6.06. The molecule has 1 heterocycles. The van der Waals surface area contributed by atoms with Crippen molar-refractivity contribution in [3.63, 3.8) is 0 Å². The summed E-state index contributed by atoms with van der Waals surface area (Å²) in [5.74, 6) is 0.528. The van der Waals surface area contributed by atoms with Gasteiger partial charge < -0.3 is 14.6 Å². The fourth-order valence-electron chi connectivity index (χ4n) is 2.42. The molecule has 0 fully saturated rings. The number of nitrogens with zero attached hydrogens (tertiary/aromatic N) is 2. The number of carbonyl (C=O) groups is 1. The van der Waals surface area contributed by atoms with Crippen LogP contribution in [0, 0.1) is 12.7 Å². The van der Waals surface area contributed by atoms with Crippen molar-refractivity contribution in [3.8, 4) is 17.1 Å². The van der Waals surface area contributed by atoms with Crippen molar-refractivity contribution in [1.29, 1.82) is 0 Å². The van der Waals surface area contributed by atoms with Gasteiger partial charge in [-0.05, 0) is 37.6 Å². The summed E-state index contributed by atoms with van der Waals surface area (Å²) < 4.78 is 23.8. The third kappa shape index (κ3) is 4.91. The van der Waals surface area contributed by atoms with Crippen LogP contribution in [0.3, 0.4) is 0 Å². The molecule has 27 heavy (non-hydrogen) atoms. The highest BCUT2D eigenvalue weighted by molar-refractivity contribution is 5.80. The number of benzene rings is 2. The number of halogens is 1. The van der Waals surface area contributed by atoms with Gasteiger partial charge in [-0.3, -0.25) is 4.79 Å². The summed E-state index contributed by atoms with van der Waals surface area (Å²) in [6.07, 6.45) is -0.239. The van der Waals surface area contributed by atoms with Crippen LogP contribution in [0.4, 0.5) is 4.39 Å². The molecule has 0 aliphatic carbocycles. The van der Waals surface area contributed by atoms with Gasteiger partial charge in [-0.1, -0.05) is 41.9 Å². The lowest BCUT2D eigenvalue weighted by Gasteiger charge is -2.16. The molecular weight excluding hydrogens is 349 g/mol. The molecular formula is C20H20FN3O3. The summed E-state index contributed by atoms with van der Waals surface area (Å²) in [7, 11) is 0. The molecule has 2 aromatic carbocycles. The maximum absolute atomic E-state index is 13.0. The van der Waals surface area contributed by atoms with Crippen molar-refractivity contribution in [2.45, 2.75) is 32.9 Å². The van der Waals surface area contributed by atoms with Gasteiger partial charge in [0.05, 0.1) is 6.54 Å². The van der Waals surface area contributed by atoms with Crippen LogP contribution in [0.1, 0.15) is 24.8 Å². The van der Waals surface area contributed by atoms with E-state index in [1.54, 1.807) is 0 Å². The van der Waals surface area contributed by atoms with Crippen LogP contribution >= 0.6 is 0 Å². The Bertz CT molecular complexity index is 892. The largest absolute Gasteiger partial charge is 0.481 e. The van der Waals surface area contributed by atoms with Crippen LogP contribution in [0.25, 0.3) is 11.4 Å². The lowest BCUT2D eigenvalue weighted by atomic mass is 10.1. The minimum Gasteiger partial charge on any atom is -0.481 e. The van der Waals surface area contributed by atoms with Gasteiger partial charge in [0, 0.05) is 5.56 Å². The first kappa shape index (κ1) is 18.6. The number of amides is 1. The first-order valence-corrected chi connectivity index (χ1v) is 8.64. The average Bonchev–Trinajstić information content (AvgIpc) is 3.15. The number of carbonyl (C=O) groups excluding carboxylic acids is 1. The Morgan fingerprint density at radius 3 is 2.56 bits per heavy atom. The van der Waals surface area contributed by atoms with Gasteiger partial charge in [0.25, 0.3) is 5.91 Å². The molecule has 1 aromatic heterocycles. The number of aryl methyl sites for hydroxylation is 1. The van der Waals surface area contributed by atoms with Gasteiger partial charge in [0.15, 0.2) is 6.10 Å². The van der Waals surface area contributed by atoms with E-state index in [9.17, 15) is 9.18 Å². The standard InChI is InChI=1S/C20H20FN3O3/c1-3-17(26-16-10-8-15(21)9-11-16)20(25)22-12-18-23-19(24-27-18)14-6-4-13(2)5-7-14/h4-11,17H,3,12H2,1-2H3,(H,22,25)/t17-/m0/s1. The lowest BCUT2D eigenvalue weighted by Crippen LogP contribution is -2.37. The average molecular weight is 369 g/mol. The highest BCUT2D eigenvalue weighted by Crippen LogP contribution is 2.17. The Morgan fingerprint density at radius 1 is 1.19 bits per heavy atom. The van der Waals surface area contributed by atoms with Gasteiger partial charge in [-0.25, -0.2) is 4.39 Å². The normalized spacial score (nSPS) is 11.8. The van der Waals surface area contributed by atoms with Gasteiger partial charge in [-0.15, -0.1) is 0 Å². The van der Waals surface area contributed by atoms with Crippen molar-refractivity contribution < 1.29 is 18.4 Å². The van der Waals surface area contributed by atoms with Crippen LogP contribution in [-0.2, 0) is 11.3 Å². The van der Waals surface area contributed by atoms with Crippen LogP contribution in [0.5, 0.6) is 5.75 Å². The summed E-state index contributed by atoms with van der Waals surface area (Å²) in [6.45, 7) is 3.93. The number of nitrogens with one attached hydrogen (secondary N) is 1. The minimum absolute atomic E-state index is 0.0982. The van der Waals surface area contributed by atoms with Crippen molar-refractivity contribution in [3.05, 3.63) is 65.8 Å². The third-order valence-corrected chi connectivity index (χ3v) is 3.95. The van der Waals surface area contributed by atoms with Crippen LogP contribution in [0.2, 0.25) is 0 Å². The zero-order valence-electron chi connectivity index (χ0n) is 15.1. The maximum atomic E-state index is 13.0. The first-order chi connectivity index (χ1) is 13.0. The van der Waals surface area contributed by atoms with E-state index in [1.165, 1.54) is 24.3 Å². The smallest absolute Gasteiger partial charge is 0.261 e. The molecule has 0 saturated heterocycles. The molecule has 0 radical (unpaired) electrons. The molecule has 0 unspecified atom stereocenters. The zero-order chi connectivity index (χ0) is 19.2. The summed E-state index contributed by atoms with van der Waals surface area (Å²) in [6, 6.07) is 13.3. The second kappa shape index (κ2) is 8.44. The van der Waals surface area contributed by atoms with E-state index in [1.807, 2.05) is 38.1 Å². The van der Waals surface area contributed by atoms with E-state index >= 15 is 0 Å². The van der Waals surface area contributed by atoms with Crippen LogP contribution in [-0.4, -0.2) is 22.2 Å². The maximum Gasteiger partial charge on any atom is 0.261 e. The molecule has 1 amide bonds. The van der Waals surface area contributed by atoms with Crippen molar-refractivity contribution >= 4 is 5.91 Å². The monoisotopic (exact) mass is 369 g/mol. The quantitative estimate of drug-likeness (QED) is 0.688. The number of hydrogen-bond acceptors (Lipinski definition) is 5. The molecule has 0 saturated carbocycles. The summed E-state index contributed by atoms with van der Waals surface area (Å²) in [5.41, 5.74) is 1.98. The van der Waals surface area contributed by atoms with Crippen molar-refractivity contribution in [1.82, 2.24) is 15.5 Å². The van der Waals surface area contributed by atoms with E-state index in [0.717, 1.165) is 11.1 Å². The van der Waals surface area contributed by atoms with E-state index in [0.29, 0.717) is 23.9 Å². The number of aromatic nitrogens is 2. The fourth-order valence-corrected chi connectivity index (χ4v) is 2.42. The predicted octanol–water partition coefficient (Wildman–Crippen LogP) is 3.66. The third-order valence-electron chi connectivity index (χ3n) is 3.95. The zero-order valence-corrected chi connectivity index (χ0v) is 15.1. The molecule has 140 valence electrons. The van der Waals surface area contributed by atoms with E-state index in [2.05, 4.69) is 15.5 Å². The number of hydrogen-bond donors (Lipinski definition) is 1. The molecule has 1 N–H and O–H groups in total. The number of rotatable bonds is 7. The lowest BCUT2D eigenvalue weighted by molar-refractivity contribution is -0.128. The van der Waals surface area contributed by atoms with E-state index < -0.39 is 6.10 Å². The molecule has 1 atom stereocenters. The number of ether oxygens (including phenoxy) is 1. The molecule has 0 aliphatic rings. The Labute approximate surface area is 156 Å². The Morgan fingerprint density at radius 2 is 1.89 bits per heavy atom. The molecule has 3 aromatic rings. The Hall–Kier alpha value is -3.22. The summed E-state index contributed by atoms with van der Waals surface area (Å²) in [4.78, 5) is 16.6. The molecule has 6 nitrogen and oxygen atoms in total. The van der Waals surface area contributed by atoms with Gasteiger partial charge >= 0.3 is 0 Å². The van der Waals surface area contributed by atoms with Crippen molar-refractivity contribution in [2.24, 2.45) is 0 Å². The van der Waals surface area contributed by atoms with Gasteiger partial charge in [-0.2, -0.15) is 4.98 Å². The first-order valence-electron chi connectivity index (χ1n) is 8.64. The minimum atomic E-state index is -0.699. The predicted molar refractivity (Wildman–Crippen MR) is 97.4 cm³/mol. The van der Waals surface area contributed by atoms with Crippen molar-refractivity contribution in [2.75, 3.05) is 0 Å². The molecule has 0 bridgehead atoms. The van der Waals surface area contributed by atoms with E-state index in [-0.39, 0.29) is 18.3 Å². The van der Waals surface area contributed by atoms with Gasteiger partial charge in [0.2, 0.25) is 11.7 Å². The molecule has 0 spiro atoms. The highest BCUT2D eigenvalue weighted by atomic mass is 19.1. The summed E-state index contributed by atoms with van der Waals surface area (Å²) >= 11 is 0.